The van der Waals surface area contributed by atoms with Crippen LogP contribution in [0, 0.1) is 0 Å². The summed E-state index contributed by atoms with van der Waals surface area (Å²) in [6.07, 6.45) is 5.88. The molecule has 3 aliphatic rings. The van der Waals surface area contributed by atoms with Crippen molar-refractivity contribution in [2.75, 3.05) is 53.0 Å². The van der Waals surface area contributed by atoms with Crippen LogP contribution in [0.2, 0.25) is 0 Å². The SMILES string of the molecule is COCCN1CC[C@H](N2CCCN(S(=O)(=O)c3ccc4c(c3)CCCC4)CC2)C1=O. The van der Waals surface area contributed by atoms with Gasteiger partial charge in [0.15, 0.2) is 0 Å². The molecule has 0 radical (unpaired) electrons. The first-order valence-corrected chi connectivity index (χ1v) is 12.6. The monoisotopic (exact) mass is 435 g/mol. The molecule has 1 atom stereocenters. The van der Waals surface area contributed by atoms with Gasteiger partial charge in [0.1, 0.15) is 0 Å². The van der Waals surface area contributed by atoms with Gasteiger partial charge in [-0.2, -0.15) is 4.31 Å². The summed E-state index contributed by atoms with van der Waals surface area (Å²) in [5.74, 6) is 0.151. The lowest BCUT2D eigenvalue weighted by Crippen LogP contribution is -2.44. The third kappa shape index (κ3) is 4.42. The van der Waals surface area contributed by atoms with Crippen LogP contribution in [0.1, 0.15) is 36.8 Å². The number of ether oxygens (including phenoxy) is 1. The summed E-state index contributed by atoms with van der Waals surface area (Å²) in [5, 5.41) is 0. The van der Waals surface area contributed by atoms with Gasteiger partial charge < -0.3 is 9.64 Å². The number of amides is 1. The standard InChI is InChI=1S/C22H33N3O4S/c1-29-16-15-24-12-9-21(22(24)26)23-10-4-11-25(14-13-23)30(27,28)20-8-7-18-5-2-3-6-19(18)17-20/h7-8,17,21H,2-6,9-16H2,1H3/t21-/m0/s1. The van der Waals surface area contributed by atoms with Crippen molar-refractivity contribution < 1.29 is 17.9 Å². The maximum Gasteiger partial charge on any atom is 0.243 e. The molecule has 7 nitrogen and oxygen atoms in total. The normalized spacial score (nSPS) is 24.1. The Morgan fingerprint density at radius 1 is 1.00 bits per heavy atom. The summed E-state index contributed by atoms with van der Waals surface area (Å²) in [6, 6.07) is 5.53. The van der Waals surface area contributed by atoms with Crippen LogP contribution in [-0.2, 0) is 32.4 Å². The van der Waals surface area contributed by atoms with Crippen LogP contribution in [0.15, 0.2) is 23.1 Å². The minimum atomic E-state index is -3.51. The molecule has 2 aliphatic heterocycles. The van der Waals surface area contributed by atoms with Gasteiger partial charge in [-0.25, -0.2) is 8.42 Å². The van der Waals surface area contributed by atoms with Gasteiger partial charge in [-0.05, 0) is 61.8 Å². The quantitative estimate of drug-likeness (QED) is 0.678. The fraction of sp³-hybridized carbons (Fsp3) is 0.682. The summed E-state index contributed by atoms with van der Waals surface area (Å²) in [7, 11) is -1.86. The zero-order chi connectivity index (χ0) is 21.1. The van der Waals surface area contributed by atoms with Gasteiger partial charge in [-0.15, -0.1) is 0 Å². The number of hydrogen-bond acceptors (Lipinski definition) is 5. The molecule has 1 aromatic carbocycles. The topological polar surface area (TPSA) is 70.2 Å². The largest absolute Gasteiger partial charge is 0.383 e. The Morgan fingerprint density at radius 3 is 2.60 bits per heavy atom. The van der Waals surface area contributed by atoms with E-state index in [-0.39, 0.29) is 11.9 Å². The van der Waals surface area contributed by atoms with Crippen LogP contribution in [-0.4, -0.2) is 87.5 Å². The first kappa shape index (κ1) is 21.7. The number of rotatable bonds is 6. The van der Waals surface area contributed by atoms with E-state index in [2.05, 4.69) is 4.90 Å². The third-order valence-corrected chi connectivity index (χ3v) is 8.62. The summed E-state index contributed by atoms with van der Waals surface area (Å²) in [6.45, 7) is 4.21. The summed E-state index contributed by atoms with van der Waals surface area (Å²) >= 11 is 0. The Balaban J connectivity index is 1.42. The van der Waals surface area contributed by atoms with Crippen molar-refractivity contribution in [3.8, 4) is 0 Å². The number of benzene rings is 1. The molecule has 0 saturated carbocycles. The van der Waals surface area contributed by atoms with Crippen molar-refractivity contribution in [2.45, 2.75) is 49.5 Å². The minimum Gasteiger partial charge on any atom is -0.383 e. The molecule has 2 heterocycles. The molecular formula is C22H33N3O4S. The van der Waals surface area contributed by atoms with Gasteiger partial charge in [-0.3, -0.25) is 9.69 Å². The van der Waals surface area contributed by atoms with E-state index in [4.69, 9.17) is 4.74 Å². The first-order valence-electron chi connectivity index (χ1n) is 11.1. The highest BCUT2D eigenvalue weighted by atomic mass is 32.2. The van der Waals surface area contributed by atoms with Gasteiger partial charge in [0.05, 0.1) is 17.5 Å². The summed E-state index contributed by atoms with van der Waals surface area (Å²) < 4.78 is 33.3. The summed E-state index contributed by atoms with van der Waals surface area (Å²) in [4.78, 5) is 17.2. The maximum atomic E-state index is 13.3. The lowest BCUT2D eigenvalue weighted by Gasteiger charge is -2.26. The van der Waals surface area contributed by atoms with Crippen molar-refractivity contribution in [3.63, 3.8) is 0 Å². The molecule has 30 heavy (non-hydrogen) atoms. The van der Waals surface area contributed by atoms with E-state index in [9.17, 15) is 13.2 Å². The minimum absolute atomic E-state index is 0.131. The van der Waals surface area contributed by atoms with Crippen molar-refractivity contribution in [1.82, 2.24) is 14.1 Å². The molecule has 0 aromatic heterocycles. The molecule has 2 fully saturated rings. The molecule has 166 valence electrons. The Hall–Kier alpha value is -1.48. The van der Waals surface area contributed by atoms with Gasteiger partial charge >= 0.3 is 0 Å². The van der Waals surface area contributed by atoms with Gasteiger partial charge in [-0.1, -0.05) is 6.07 Å². The average Bonchev–Trinajstić information content (AvgIpc) is 2.96. The lowest BCUT2D eigenvalue weighted by molar-refractivity contribution is -0.132. The van der Waals surface area contributed by atoms with Crippen LogP contribution in [0.5, 0.6) is 0 Å². The van der Waals surface area contributed by atoms with E-state index in [0.717, 1.165) is 45.2 Å². The van der Waals surface area contributed by atoms with Crippen LogP contribution in [0.3, 0.4) is 0 Å². The number of aryl methyl sites for hydroxylation is 2. The molecular weight excluding hydrogens is 402 g/mol. The number of fused-ring (bicyclic) bond motifs is 1. The van der Waals surface area contributed by atoms with Gasteiger partial charge in [0, 0.05) is 46.4 Å². The van der Waals surface area contributed by atoms with Gasteiger partial charge in [0.25, 0.3) is 0 Å². The zero-order valence-electron chi connectivity index (χ0n) is 17.9. The molecule has 2 saturated heterocycles. The zero-order valence-corrected chi connectivity index (χ0v) is 18.7. The molecule has 8 heteroatoms. The Bertz CT molecular complexity index is 873. The second-order valence-electron chi connectivity index (χ2n) is 8.55. The molecule has 0 bridgehead atoms. The van der Waals surface area contributed by atoms with Crippen molar-refractivity contribution >= 4 is 15.9 Å². The van der Waals surface area contributed by atoms with Crippen molar-refractivity contribution in [3.05, 3.63) is 29.3 Å². The number of carbonyl (C=O) groups is 1. The van der Waals surface area contributed by atoms with Crippen LogP contribution < -0.4 is 0 Å². The number of nitrogens with zero attached hydrogens (tertiary/aromatic N) is 3. The van der Waals surface area contributed by atoms with E-state index in [0.29, 0.717) is 37.7 Å². The van der Waals surface area contributed by atoms with E-state index in [1.165, 1.54) is 17.5 Å². The Morgan fingerprint density at radius 2 is 1.80 bits per heavy atom. The molecule has 0 unspecified atom stereocenters. The second kappa shape index (κ2) is 9.34. The predicted molar refractivity (Wildman–Crippen MR) is 115 cm³/mol. The number of likely N-dealkylation sites (tertiary alicyclic amines) is 1. The highest BCUT2D eigenvalue weighted by Gasteiger charge is 2.37. The molecule has 1 amide bonds. The third-order valence-electron chi connectivity index (χ3n) is 6.72. The second-order valence-corrected chi connectivity index (χ2v) is 10.5. The molecule has 4 rings (SSSR count). The van der Waals surface area contributed by atoms with E-state index in [1.54, 1.807) is 17.5 Å². The smallest absolute Gasteiger partial charge is 0.243 e. The summed E-state index contributed by atoms with van der Waals surface area (Å²) in [5.41, 5.74) is 2.48. The van der Waals surface area contributed by atoms with E-state index in [1.807, 2.05) is 17.0 Å². The number of methoxy groups -OCH3 is 1. The molecule has 0 N–H and O–H groups in total. The Labute approximate surface area is 180 Å². The lowest BCUT2D eigenvalue weighted by atomic mass is 9.92. The molecule has 0 spiro atoms. The van der Waals surface area contributed by atoms with Gasteiger partial charge in [0.2, 0.25) is 15.9 Å². The van der Waals surface area contributed by atoms with E-state index >= 15 is 0 Å². The van der Waals surface area contributed by atoms with Crippen molar-refractivity contribution in [1.29, 1.82) is 0 Å². The number of hydrogen-bond donors (Lipinski definition) is 0. The van der Waals surface area contributed by atoms with Crippen molar-refractivity contribution in [2.24, 2.45) is 0 Å². The molecule has 1 aliphatic carbocycles. The maximum absolute atomic E-state index is 13.3. The van der Waals surface area contributed by atoms with Crippen LogP contribution in [0.25, 0.3) is 0 Å². The van der Waals surface area contributed by atoms with E-state index < -0.39 is 10.0 Å². The fourth-order valence-corrected chi connectivity index (χ4v) is 6.49. The number of carbonyl (C=O) groups excluding carboxylic acids is 1. The molecule has 1 aromatic rings. The predicted octanol–water partition coefficient (Wildman–Crippen LogP) is 1.51. The van der Waals surface area contributed by atoms with Crippen LogP contribution >= 0.6 is 0 Å². The number of sulfonamides is 1. The first-order chi connectivity index (χ1) is 14.5. The Kier molecular flexibility index (Phi) is 6.77. The van der Waals surface area contributed by atoms with Crippen LogP contribution in [0.4, 0.5) is 0 Å². The highest BCUT2D eigenvalue weighted by molar-refractivity contribution is 7.89. The average molecular weight is 436 g/mol. The highest BCUT2D eigenvalue weighted by Crippen LogP contribution is 2.27. The fourth-order valence-electron chi connectivity index (χ4n) is 4.97.